The SMILES string of the molecule is CN(C(C)(C)CO)S(=O)(=O)c1ccc(F)cc1Cl. The van der Waals surface area contributed by atoms with Gasteiger partial charge in [-0.05, 0) is 32.0 Å². The van der Waals surface area contributed by atoms with Gasteiger partial charge in [0.25, 0.3) is 0 Å². The number of rotatable bonds is 4. The van der Waals surface area contributed by atoms with E-state index in [0.717, 1.165) is 22.5 Å². The number of aliphatic hydroxyl groups excluding tert-OH is 1. The van der Waals surface area contributed by atoms with Crippen LogP contribution in [0.2, 0.25) is 5.02 Å². The van der Waals surface area contributed by atoms with Gasteiger partial charge in [0.2, 0.25) is 10.0 Å². The molecule has 1 rings (SSSR count). The summed E-state index contributed by atoms with van der Waals surface area (Å²) >= 11 is 5.74. The van der Waals surface area contributed by atoms with E-state index < -0.39 is 21.4 Å². The Morgan fingerprint density at radius 1 is 1.44 bits per heavy atom. The fourth-order valence-electron chi connectivity index (χ4n) is 1.26. The molecule has 7 heteroatoms. The quantitative estimate of drug-likeness (QED) is 0.922. The standard InChI is InChI=1S/C11H15ClFNO3S/c1-11(2,7-15)14(3)18(16,17)10-5-4-8(13)6-9(10)12/h4-6,15H,7H2,1-3H3. The second-order valence-corrected chi connectivity index (χ2v) is 6.86. The van der Waals surface area contributed by atoms with Crippen molar-refractivity contribution in [2.24, 2.45) is 0 Å². The predicted molar refractivity (Wildman–Crippen MR) is 67.5 cm³/mol. The molecule has 0 unspecified atom stereocenters. The van der Waals surface area contributed by atoms with Crippen LogP contribution >= 0.6 is 11.6 Å². The summed E-state index contributed by atoms with van der Waals surface area (Å²) < 4.78 is 38.5. The lowest BCUT2D eigenvalue weighted by Crippen LogP contribution is -2.47. The van der Waals surface area contributed by atoms with Crippen LogP contribution in [0.15, 0.2) is 23.1 Å². The number of hydrogen-bond donors (Lipinski definition) is 1. The molecule has 1 N–H and O–H groups in total. The van der Waals surface area contributed by atoms with Gasteiger partial charge in [-0.1, -0.05) is 11.6 Å². The molecule has 0 bridgehead atoms. The van der Waals surface area contributed by atoms with Crippen LogP contribution in [0, 0.1) is 5.82 Å². The lowest BCUT2D eigenvalue weighted by Gasteiger charge is -2.32. The summed E-state index contributed by atoms with van der Waals surface area (Å²) in [4.78, 5) is -0.186. The maximum atomic E-state index is 12.9. The third-order valence-electron chi connectivity index (χ3n) is 2.77. The third-order valence-corrected chi connectivity index (χ3v) is 5.32. The molecule has 0 saturated carbocycles. The van der Waals surface area contributed by atoms with E-state index in [9.17, 15) is 17.9 Å². The molecule has 1 aromatic rings. The second-order valence-electron chi connectivity index (χ2n) is 4.52. The van der Waals surface area contributed by atoms with Crippen LogP contribution in [0.5, 0.6) is 0 Å². The summed E-state index contributed by atoms with van der Waals surface area (Å²) in [6.07, 6.45) is 0. The van der Waals surface area contributed by atoms with E-state index >= 15 is 0 Å². The Labute approximate surface area is 111 Å². The van der Waals surface area contributed by atoms with Gasteiger partial charge in [-0.25, -0.2) is 12.8 Å². The molecule has 0 atom stereocenters. The first kappa shape index (κ1) is 15.4. The van der Waals surface area contributed by atoms with E-state index in [1.54, 1.807) is 13.8 Å². The average Bonchev–Trinajstić information content (AvgIpc) is 2.27. The molecule has 0 heterocycles. The number of sulfonamides is 1. The van der Waals surface area contributed by atoms with Gasteiger partial charge in [-0.3, -0.25) is 0 Å². The fraction of sp³-hybridized carbons (Fsp3) is 0.455. The summed E-state index contributed by atoms with van der Waals surface area (Å²) in [7, 11) is -2.54. The highest BCUT2D eigenvalue weighted by Crippen LogP contribution is 2.28. The van der Waals surface area contributed by atoms with Crippen LogP contribution in [-0.4, -0.2) is 37.0 Å². The number of nitrogens with zero attached hydrogens (tertiary/aromatic N) is 1. The minimum atomic E-state index is -3.88. The zero-order valence-electron chi connectivity index (χ0n) is 10.3. The van der Waals surface area contributed by atoms with Crippen LogP contribution in [0.3, 0.4) is 0 Å². The van der Waals surface area contributed by atoms with Crippen molar-refractivity contribution in [1.82, 2.24) is 4.31 Å². The van der Waals surface area contributed by atoms with Crippen molar-refractivity contribution in [3.05, 3.63) is 29.0 Å². The summed E-state index contributed by atoms with van der Waals surface area (Å²) in [5.41, 5.74) is -0.976. The number of aliphatic hydroxyl groups is 1. The van der Waals surface area contributed by atoms with Crippen LogP contribution in [0.25, 0.3) is 0 Å². The van der Waals surface area contributed by atoms with Crippen molar-refractivity contribution in [3.8, 4) is 0 Å². The molecule has 0 aliphatic heterocycles. The van der Waals surface area contributed by atoms with Crippen molar-refractivity contribution in [3.63, 3.8) is 0 Å². The van der Waals surface area contributed by atoms with Gasteiger partial charge in [0.05, 0.1) is 17.2 Å². The van der Waals surface area contributed by atoms with Crippen molar-refractivity contribution in [2.75, 3.05) is 13.7 Å². The van der Waals surface area contributed by atoms with Gasteiger partial charge in [-0.2, -0.15) is 4.31 Å². The molecular formula is C11H15ClFNO3S. The first-order valence-corrected chi connectivity index (χ1v) is 6.99. The fourth-order valence-corrected chi connectivity index (χ4v) is 3.27. The van der Waals surface area contributed by atoms with E-state index in [2.05, 4.69) is 0 Å². The smallest absolute Gasteiger partial charge is 0.244 e. The highest BCUT2D eigenvalue weighted by molar-refractivity contribution is 7.89. The Hall–Kier alpha value is -0.690. The Morgan fingerprint density at radius 2 is 2.00 bits per heavy atom. The number of hydrogen-bond acceptors (Lipinski definition) is 3. The van der Waals surface area contributed by atoms with Crippen LogP contribution in [0.4, 0.5) is 4.39 Å². The zero-order valence-corrected chi connectivity index (χ0v) is 11.9. The van der Waals surface area contributed by atoms with Crippen molar-refractivity contribution >= 4 is 21.6 Å². The molecule has 4 nitrogen and oxygen atoms in total. The average molecular weight is 296 g/mol. The minimum Gasteiger partial charge on any atom is -0.394 e. The molecule has 18 heavy (non-hydrogen) atoms. The third kappa shape index (κ3) is 2.83. The summed E-state index contributed by atoms with van der Waals surface area (Å²) in [6.45, 7) is 2.80. The molecular weight excluding hydrogens is 281 g/mol. The van der Waals surface area contributed by atoms with Crippen LogP contribution < -0.4 is 0 Å². The van der Waals surface area contributed by atoms with Crippen LogP contribution in [0.1, 0.15) is 13.8 Å². The van der Waals surface area contributed by atoms with Gasteiger partial charge in [0, 0.05) is 7.05 Å². The lowest BCUT2D eigenvalue weighted by atomic mass is 10.1. The normalized spacial score (nSPS) is 13.1. The van der Waals surface area contributed by atoms with E-state index in [4.69, 9.17) is 11.6 Å². The van der Waals surface area contributed by atoms with Gasteiger partial charge in [0.1, 0.15) is 10.7 Å². The molecule has 0 saturated heterocycles. The molecule has 0 radical (unpaired) electrons. The van der Waals surface area contributed by atoms with Crippen molar-refractivity contribution < 1.29 is 17.9 Å². The van der Waals surface area contributed by atoms with Crippen molar-refractivity contribution in [2.45, 2.75) is 24.3 Å². The maximum absolute atomic E-state index is 12.9. The van der Waals surface area contributed by atoms with Gasteiger partial charge >= 0.3 is 0 Å². The molecule has 0 fully saturated rings. The Kier molecular flexibility index (Phi) is 4.38. The summed E-state index contributed by atoms with van der Waals surface area (Å²) in [5, 5.41) is 9.00. The number of benzene rings is 1. The molecule has 102 valence electrons. The van der Waals surface area contributed by atoms with Crippen molar-refractivity contribution in [1.29, 1.82) is 0 Å². The number of likely N-dealkylation sites (N-methyl/N-ethyl adjacent to an activating group) is 1. The highest BCUT2D eigenvalue weighted by Gasteiger charge is 2.34. The van der Waals surface area contributed by atoms with E-state index in [-0.39, 0.29) is 16.5 Å². The molecule has 1 aromatic carbocycles. The first-order chi connectivity index (χ1) is 8.13. The highest BCUT2D eigenvalue weighted by atomic mass is 35.5. The summed E-state index contributed by atoms with van der Waals surface area (Å²) in [5.74, 6) is -0.608. The zero-order chi connectivity index (χ0) is 14.1. The molecule has 0 aliphatic carbocycles. The van der Waals surface area contributed by atoms with E-state index in [1.807, 2.05) is 0 Å². The molecule has 0 aliphatic rings. The molecule has 0 amide bonds. The van der Waals surface area contributed by atoms with Gasteiger partial charge in [0.15, 0.2) is 0 Å². The Morgan fingerprint density at radius 3 is 2.44 bits per heavy atom. The topological polar surface area (TPSA) is 57.6 Å². The molecule has 0 aromatic heterocycles. The monoisotopic (exact) mass is 295 g/mol. The van der Waals surface area contributed by atoms with Crippen LogP contribution in [-0.2, 0) is 10.0 Å². The van der Waals surface area contributed by atoms with E-state index in [1.165, 1.54) is 7.05 Å². The largest absolute Gasteiger partial charge is 0.394 e. The predicted octanol–water partition coefficient (Wildman–Crippen LogP) is 1.87. The van der Waals surface area contributed by atoms with Gasteiger partial charge in [-0.15, -0.1) is 0 Å². The summed E-state index contributed by atoms with van der Waals surface area (Å²) in [6, 6.07) is 3.07. The Bertz CT molecular complexity index is 545. The second kappa shape index (κ2) is 5.13. The molecule has 0 spiro atoms. The van der Waals surface area contributed by atoms with Gasteiger partial charge < -0.3 is 5.11 Å². The first-order valence-electron chi connectivity index (χ1n) is 5.18. The lowest BCUT2D eigenvalue weighted by molar-refractivity contribution is 0.138. The van der Waals surface area contributed by atoms with E-state index in [0.29, 0.717) is 0 Å². The maximum Gasteiger partial charge on any atom is 0.244 e. The Balaban J connectivity index is 3.30. The number of halogens is 2. The minimum absolute atomic E-state index is 0.185.